The molecule has 3 aromatic rings. The highest BCUT2D eigenvalue weighted by molar-refractivity contribution is 6.10. The fraction of sp³-hybridized carbons (Fsp3) is 0.154. The molecule has 3 aromatic carbocycles. The molecule has 0 aromatic heterocycles. The molecule has 0 heterocycles. The van der Waals surface area contributed by atoms with Gasteiger partial charge in [0.15, 0.2) is 11.5 Å². The minimum absolute atomic E-state index is 0.0452. The van der Waals surface area contributed by atoms with Gasteiger partial charge in [0.25, 0.3) is 11.8 Å². The molecule has 0 bridgehead atoms. The molecule has 176 valence electrons. The van der Waals surface area contributed by atoms with Crippen LogP contribution in [0.2, 0.25) is 0 Å². The average Bonchev–Trinajstić information content (AvgIpc) is 2.88. The second-order valence-electron chi connectivity index (χ2n) is 7.04. The van der Waals surface area contributed by atoms with Gasteiger partial charge in [-0.2, -0.15) is 0 Å². The Bertz CT molecular complexity index is 1170. The summed E-state index contributed by atoms with van der Waals surface area (Å²) >= 11 is 0. The molecular weight excluding hydrogens is 436 g/mol. The molecule has 8 heteroatoms. The molecule has 0 fully saturated rings. The zero-order valence-electron chi connectivity index (χ0n) is 19.4. The summed E-state index contributed by atoms with van der Waals surface area (Å²) < 4.78 is 20.9. The predicted octanol–water partition coefficient (Wildman–Crippen LogP) is 4.13. The Hall–Kier alpha value is -4.46. The van der Waals surface area contributed by atoms with Crippen molar-refractivity contribution in [2.45, 2.75) is 0 Å². The van der Waals surface area contributed by atoms with Gasteiger partial charge in [-0.3, -0.25) is 9.59 Å². The lowest BCUT2D eigenvalue weighted by atomic mass is 10.1. The van der Waals surface area contributed by atoms with E-state index in [1.165, 1.54) is 14.2 Å². The van der Waals surface area contributed by atoms with E-state index in [-0.39, 0.29) is 5.70 Å². The Kier molecular flexibility index (Phi) is 8.12. The van der Waals surface area contributed by atoms with Crippen LogP contribution in [-0.2, 0) is 4.79 Å². The van der Waals surface area contributed by atoms with Crippen molar-refractivity contribution in [2.75, 3.05) is 33.8 Å². The zero-order chi connectivity index (χ0) is 24.5. The normalized spacial score (nSPS) is 10.8. The van der Waals surface area contributed by atoms with E-state index >= 15 is 0 Å². The van der Waals surface area contributed by atoms with Gasteiger partial charge in [-0.15, -0.1) is 0 Å². The minimum Gasteiger partial charge on any atom is -0.497 e. The first kappa shape index (κ1) is 24.2. The fourth-order valence-corrected chi connectivity index (χ4v) is 3.08. The molecule has 0 atom stereocenters. The van der Waals surface area contributed by atoms with Crippen LogP contribution in [0.3, 0.4) is 0 Å². The first-order valence-corrected chi connectivity index (χ1v) is 10.3. The number of anilines is 1. The first-order valence-electron chi connectivity index (χ1n) is 10.3. The first-order chi connectivity index (χ1) is 16.5. The van der Waals surface area contributed by atoms with E-state index in [0.717, 1.165) is 0 Å². The van der Waals surface area contributed by atoms with E-state index in [2.05, 4.69) is 10.6 Å². The van der Waals surface area contributed by atoms with Crippen molar-refractivity contribution in [2.24, 2.45) is 0 Å². The lowest BCUT2D eigenvalue weighted by molar-refractivity contribution is -0.113. The number of hydrogen-bond donors (Lipinski definition) is 2. The van der Waals surface area contributed by atoms with Crippen LogP contribution in [0.25, 0.3) is 6.08 Å². The summed E-state index contributed by atoms with van der Waals surface area (Å²) in [6, 6.07) is 18.6. The number of carbonyl (C=O) groups is 2. The van der Waals surface area contributed by atoms with Gasteiger partial charge in [0.05, 0.1) is 28.4 Å². The average molecular weight is 463 g/mol. The molecule has 8 nitrogen and oxygen atoms in total. The number of carbonyl (C=O) groups excluding carboxylic acids is 2. The van der Waals surface area contributed by atoms with Crippen LogP contribution in [-0.4, -0.2) is 40.3 Å². The molecule has 0 saturated heterocycles. The van der Waals surface area contributed by atoms with E-state index in [1.54, 1.807) is 87.0 Å². The SMILES string of the molecule is COc1ccc(NC(=O)/C(=C\c2ccc(OC)c(OC)c2)NC(=O)c2ccc(OC)cc2)cc1. The van der Waals surface area contributed by atoms with E-state index < -0.39 is 11.8 Å². The molecule has 3 rings (SSSR count). The number of nitrogens with one attached hydrogen (secondary N) is 2. The molecule has 2 amide bonds. The molecule has 0 aliphatic heterocycles. The summed E-state index contributed by atoms with van der Waals surface area (Å²) in [4.78, 5) is 26.0. The van der Waals surface area contributed by atoms with E-state index in [9.17, 15) is 9.59 Å². The van der Waals surface area contributed by atoms with Crippen LogP contribution in [0.15, 0.2) is 72.4 Å². The number of benzene rings is 3. The highest BCUT2D eigenvalue weighted by Crippen LogP contribution is 2.28. The summed E-state index contributed by atoms with van der Waals surface area (Å²) in [7, 11) is 6.17. The molecule has 0 spiro atoms. The van der Waals surface area contributed by atoms with Crippen LogP contribution in [0, 0.1) is 0 Å². The highest BCUT2D eigenvalue weighted by Gasteiger charge is 2.16. The predicted molar refractivity (Wildman–Crippen MR) is 130 cm³/mol. The van der Waals surface area contributed by atoms with Gasteiger partial charge >= 0.3 is 0 Å². The fourth-order valence-electron chi connectivity index (χ4n) is 3.08. The molecular formula is C26H26N2O6. The largest absolute Gasteiger partial charge is 0.497 e. The Morgan fingerprint density at radius 2 is 1.29 bits per heavy atom. The van der Waals surface area contributed by atoms with Crippen LogP contribution >= 0.6 is 0 Å². The minimum atomic E-state index is -0.498. The van der Waals surface area contributed by atoms with Crippen molar-refractivity contribution in [3.05, 3.63) is 83.6 Å². The van der Waals surface area contributed by atoms with Crippen molar-refractivity contribution in [3.8, 4) is 23.0 Å². The molecule has 0 aliphatic rings. The number of hydrogen-bond acceptors (Lipinski definition) is 6. The van der Waals surface area contributed by atoms with Crippen molar-refractivity contribution in [1.82, 2.24) is 5.32 Å². The maximum atomic E-state index is 13.1. The van der Waals surface area contributed by atoms with Crippen LogP contribution < -0.4 is 29.6 Å². The number of ether oxygens (including phenoxy) is 4. The summed E-state index contributed by atoms with van der Waals surface area (Å²) in [5, 5.41) is 5.49. The molecule has 34 heavy (non-hydrogen) atoms. The summed E-state index contributed by atoms with van der Waals surface area (Å²) in [5.41, 5.74) is 1.59. The third-order valence-electron chi connectivity index (χ3n) is 4.91. The van der Waals surface area contributed by atoms with E-state index in [4.69, 9.17) is 18.9 Å². The molecule has 0 unspecified atom stereocenters. The Morgan fingerprint density at radius 1 is 0.706 bits per heavy atom. The van der Waals surface area contributed by atoms with Gasteiger partial charge in [0, 0.05) is 11.3 Å². The quantitative estimate of drug-likeness (QED) is 0.465. The second-order valence-corrected chi connectivity index (χ2v) is 7.04. The summed E-state index contributed by atoms with van der Waals surface area (Å²) in [5.74, 6) is 1.38. The van der Waals surface area contributed by atoms with Crippen molar-refractivity contribution >= 4 is 23.6 Å². The van der Waals surface area contributed by atoms with E-state index in [0.29, 0.717) is 39.8 Å². The lowest BCUT2D eigenvalue weighted by Crippen LogP contribution is -2.30. The van der Waals surface area contributed by atoms with Gasteiger partial charge < -0.3 is 29.6 Å². The number of methoxy groups -OCH3 is 4. The van der Waals surface area contributed by atoms with Crippen molar-refractivity contribution < 1.29 is 28.5 Å². The van der Waals surface area contributed by atoms with E-state index in [1.807, 2.05) is 0 Å². The van der Waals surface area contributed by atoms with Gasteiger partial charge in [0.2, 0.25) is 0 Å². The third kappa shape index (κ3) is 6.07. The summed E-state index contributed by atoms with van der Waals surface area (Å²) in [6.45, 7) is 0. The van der Waals surface area contributed by atoms with Gasteiger partial charge in [-0.1, -0.05) is 6.07 Å². The van der Waals surface area contributed by atoms with Crippen molar-refractivity contribution in [1.29, 1.82) is 0 Å². The van der Waals surface area contributed by atoms with Crippen LogP contribution in [0.1, 0.15) is 15.9 Å². The maximum Gasteiger partial charge on any atom is 0.272 e. The smallest absolute Gasteiger partial charge is 0.272 e. The van der Waals surface area contributed by atoms with Gasteiger partial charge in [-0.25, -0.2) is 0 Å². The summed E-state index contributed by atoms with van der Waals surface area (Å²) in [6.07, 6.45) is 1.56. The van der Waals surface area contributed by atoms with Crippen LogP contribution in [0.4, 0.5) is 5.69 Å². The number of rotatable bonds is 9. The molecule has 0 saturated carbocycles. The molecule has 0 radical (unpaired) electrons. The van der Waals surface area contributed by atoms with Crippen molar-refractivity contribution in [3.63, 3.8) is 0 Å². The second kappa shape index (κ2) is 11.4. The Labute approximate surface area is 198 Å². The molecule has 2 N–H and O–H groups in total. The standard InChI is InChI=1S/C26H26N2O6/c1-31-20-10-6-18(7-11-20)25(29)28-22(15-17-5-14-23(33-3)24(16-17)34-4)26(30)27-19-8-12-21(32-2)13-9-19/h5-16H,1-4H3,(H,27,30)(H,28,29)/b22-15+. The topological polar surface area (TPSA) is 95.1 Å². The number of amides is 2. The van der Waals surface area contributed by atoms with Gasteiger partial charge in [-0.05, 0) is 72.3 Å². The van der Waals surface area contributed by atoms with Gasteiger partial charge in [0.1, 0.15) is 17.2 Å². The Balaban J connectivity index is 1.91. The van der Waals surface area contributed by atoms with Crippen LogP contribution in [0.5, 0.6) is 23.0 Å². The monoisotopic (exact) mass is 462 g/mol. The third-order valence-corrected chi connectivity index (χ3v) is 4.91. The molecule has 0 aliphatic carbocycles. The lowest BCUT2D eigenvalue weighted by Gasteiger charge is -2.13. The zero-order valence-corrected chi connectivity index (χ0v) is 19.4. The maximum absolute atomic E-state index is 13.1. The highest BCUT2D eigenvalue weighted by atomic mass is 16.5. The Morgan fingerprint density at radius 3 is 1.85 bits per heavy atom.